The van der Waals surface area contributed by atoms with Crippen LogP contribution in [0.5, 0.6) is 0 Å². The first-order valence-corrected chi connectivity index (χ1v) is 11.3. The van der Waals surface area contributed by atoms with Crippen LogP contribution in [-0.2, 0) is 16.1 Å². The fourth-order valence-electron chi connectivity index (χ4n) is 3.21. The third-order valence-corrected chi connectivity index (χ3v) is 6.02. The third-order valence-electron chi connectivity index (χ3n) is 4.86. The Labute approximate surface area is 188 Å². The number of carbonyl (C=O) groups excluding carboxylic acids is 2. The average molecular weight is 461 g/mol. The minimum atomic E-state index is -0.550. The van der Waals surface area contributed by atoms with Crippen molar-refractivity contribution in [2.24, 2.45) is 0 Å². The number of carbonyl (C=O) groups is 2. The van der Waals surface area contributed by atoms with Crippen molar-refractivity contribution in [2.75, 3.05) is 18.1 Å². The summed E-state index contributed by atoms with van der Waals surface area (Å²) in [6.07, 6.45) is 3.90. The van der Waals surface area contributed by atoms with Crippen molar-refractivity contribution >= 4 is 39.2 Å². The lowest BCUT2D eigenvalue weighted by molar-refractivity contribution is -0.119. The van der Waals surface area contributed by atoms with Crippen LogP contribution in [0.1, 0.15) is 48.5 Å². The van der Waals surface area contributed by atoms with E-state index in [0.29, 0.717) is 27.8 Å². The molecule has 10 heteroatoms. The van der Waals surface area contributed by atoms with Gasteiger partial charge in [0.15, 0.2) is 5.13 Å². The molecule has 0 N–H and O–H groups in total. The van der Waals surface area contributed by atoms with Gasteiger partial charge in [-0.1, -0.05) is 31.1 Å². The Morgan fingerprint density at radius 2 is 2.03 bits per heavy atom. The number of ether oxygens (including phenoxy) is 1. The molecular formula is C22H25FN4O4S. The highest BCUT2D eigenvalue weighted by molar-refractivity contribution is 7.17. The van der Waals surface area contributed by atoms with Crippen LogP contribution in [0.4, 0.5) is 9.52 Å². The molecule has 0 saturated carbocycles. The van der Waals surface area contributed by atoms with Gasteiger partial charge in [-0.05, 0) is 38.5 Å². The maximum Gasteiger partial charge on any atom is 0.350 e. The minimum absolute atomic E-state index is 0.104. The molecule has 0 aliphatic carbocycles. The zero-order valence-corrected chi connectivity index (χ0v) is 19.1. The number of halogens is 1. The van der Waals surface area contributed by atoms with E-state index in [1.165, 1.54) is 23.4 Å². The van der Waals surface area contributed by atoms with Crippen molar-refractivity contribution in [3.63, 3.8) is 0 Å². The second kappa shape index (κ2) is 10.4. The van der Waals surface area contributed by atoms with Crippen LogP contribution in [0.15, 0.2) is 29.3 Å². The highest BCUT2D eigenvalue weighted by atomic mass is 32.1. The smallest absolute Gasteiger partial charge is 0.350 e. The van der Waals surface area contributed by atoms with E-state index in [1.54, 1.807) is 13.8 Å². The van der Waals surface area contributed by atoms with Gasteiger partial charge >= 0.3 is 5.97 Å². The molecule has 8 nitrogen and oxygen atoms in total. The standard InChI is InChI=1S/C22H25FN4O4S/c1-4-6-7-10-27(22-25-14(3)19(32-22)21(30)31-5-2)18(28)12-26-13-24-17-9-8-15(23)11-16(17)20(26)29/h8-9,11,13H,4-7,10,12H2,1-3H3. The van der Waals surface area contributed by atoms with Crippen LogP contribution in [-0.4, -0.2) is 39.6 Å². The van der Waals surface area contributed by atoms with Gasteiger partial charge in [0.25, 0.3) is 5.56 Å². The summed E-state index contributed by atoms with van der Waals surface area (Å²) in [6.45, 7) is 5.81. The normalized spacial score (nSPS) is 11.0. The van der Waals surface area contributed by atoms with Crippen LogP contribution in [0.3, 0.4) is 0 Å². The number of aryl methyl sites for hydroxylation is 1. The van der Waals surface area contributed by atoms with Crippen molar-refractivity contribution in [3.8, 4) is 0 Å². The van der Waals surface area contributed by atoms with E-state index < -0.39 is 17.3 Å². The van der Waals surface area contributed by atoms with Gasteiger partial charge in [0.1, 0.15) is 17.2 Å². The van der Waals surface area contributed by atoms with Crippen molar-refractivity contribution in [3.05, 3.63) is 51.3 Å². The zero-order chi connectivity index (χ0) is 23.3. The molecule has 0 aliphatic heterocycles. The lowest BCUT2D eigenvalue weighted by Gasteiger charge is -2.20. The molecule has 0 spiro atoms. The first kappa shape index (κ1) is 23.5. The molecule has 0 aliphatic rings. The summed E-state index contributed by atoms with van der Waals surface area (Å²) < 4.78 is 19.8. The van der Waals surface area contributed by atoms with Gasteiger partial charge in [0.2, 0.25) is 5.91 Å². The number of nitrogens with zero attached hydrogens (tertiary/aromatic N) is 4. The topological polar surface area (TPSA) is 94.4 Å². The molecule has 0 saturated heterocycles. The first-order valence-electron chi connectivity index (χ1n) is 10.4. The number of esters is 1. The monoisotopic (exact) mass is 460 g/mol. The summed E-state index contributed by atoms with van der Waals surface area (Å²) in [6, 6.07) is 3.76. The Hall–Kier alpha value is -3.14. The summed E-state index contributed by atoms with van der Waals surface area (Å²) >= 11 is 1.09. The Morgan fingerprint density at radius 1 is 1.25 bits per heavy atom. The predicted octanol–water partition coefficient (Wildman–Crippen LogP) is 3.70. The number of hydrogen-bond acceptors (Lipinski definition) is 7. The molecule has 32 heavy (non-hydrogen) atoms. The van der Waals surface area contributed by atoms with E-state index in [-0.39, 0.29) is 24.4 Å². The van der Waals surface area contributed by atoms with E-state index in [4.69, 9.17) is 4.74 Å². The van der Waals surface area contributed by atoms with Crippen molar-refractivity contribution in [2.45, 2.75) is 46.6 Å². The molecule has 3 aromatic rings. The van der Waals surface area contributed by atoms with Gasteiger partial charge in [-0.15, -0.1) is 0 Å². The van der Waals surface area contributed by atoms with Crippen molar-refractivity contribution in [1.82, 2.24) is 14.5 Å². The highest BCUT2D eigenvalue weighted by Gasteiger charge is 2.24. The quantitative estimate of drug-likeness (QED) is 0.357. The van der Waals surface area contributed by atoms with Gasteiger partial charge in [-0.2, -0.15) is 0 Å². The van der Waals surface area contributed by atoms with E-state index in [1.807, 2.05) is 0 Å². The molecule has 0 radical (unpaired) electrons. The lowest BCUT2D eigenvalue weighted by Crippen LogP contribution is -2.37. The van der Waals surface area contributed by atoms with E-state index in [9.17, 15) is 18.8 Å². The van der Waals surface area contributed by atoms with Crippen LogP contribution in [0.25, 0.3) is 10.9 Å². The third kappa shape index (κ3) is 5.18. The number of unbranched alkanes of at least 4 members (excludes halogenated alkanes) is 2. The van der Waals surface area contributed by atoms with Crippen molar-refractivity contribution in [1.29, 1.82) is 0 Å². The molecule has 3 rings (SSSR count). The maximum atomic E-state index is 13.6. The molecular weight excluding hydrogens is 435 g/mol. The Bertz CT molecular complexity index is 1190. The summed E-state index contributed by atoms with van der Waals surface area (Å²) in [5.41, 5.74) is 0.338. The average Bonchev–Trinajstić information content (AvgIpc) is 3.15. The number of anilines is 1. The van der Waals surface area contributed by atoms with E-state index in [0.717, 1.165) is 41.2 Å². The Morgan fingerprint density at radius 3 is 2.75 bits per heavy atom. The molecule has 0 atom stereocenters. The number of rotatable bonds is 9. The van der Waals surface area contributed by atoms with Crippen molar-refractivity contribution < 1.29 is 18.7 Å². The minimum Gasteiger partial charge on any atom is -0.462 e. The number of amides is 1. The zero-order valence-electron chi connectivity index (χ0n) is 18.3. The van der Waals surface area contributed by atoms with Gasteiger partial charge in [0, 0.05) is 6.54 Å². The second-order valence-corrected chi connectivity index (χ2v) is 8.20. The fourth-order valence-corrected chi connectivity index (χ4v) is 4.21. The predicted molar refractivity (Wildman–Crippen MR) is 121 cm³/mol. The summed E-state index contributed by atoms with van der Waals surface area (Å²) in [4.78, 5) is 48.5. The molecule has 170 valence electrons. The molecule has 0 fully saturated rings. The Kier molecular flexibility index (Phi) is 7.68. The summed E-state index contributed by atoms with van der Waals surface area (Å²) in [5, 5.41) is 0.479. The molecule has 2 heterocycles. The van der Waals surface area contributed by atoms with Crippen LogP contribution in [0, 0.1) is 12.7 Å². The fraction of sp³-hybridized carbons (Fsp3) is 0.409. The van der Waals surface area contributed by atoms with E-state index >= 15 is 0 Å². The van der Waals surface area contributed by atoms with E-state index in [2.05, 4.69) is 16.9 Å². The largest absolute Gasteiger partial charge is 0.462 e. The molecule has 1 amide bonds. The number of thiazole rings is 1. The number of aromatic nitrogens is 3. The van der Waals surface area contributed by atoms with Gasteiger partial charge in [-0.3, -0.25) is 19.1 Å². The SMILES string of the molecule is CCCCCN(C(=O)Cn1cnc2ccc(F)cc2c1=O)c1nc(C)c(C(=O)OCC)s1. The molecule has 2 aromatic heterocycles. The molecule has 0 unspecified atom stereocenters. The summed E-state index contributed by atoms with van der Waals surface area (Å²) in [7, 11) is 0. The first-order chi connectivity index (χ1) is 15.3. The van der Waals surface area contributed by atoms with Gasteiger partial charge in [-0.25, -0.2) is 19.2 Å². The van der Waals surface area contributed by atoms with Gasteiger partial charge in [0.05, 0.1) is 29.5 Å². The number of benzene rings is 1. The molecule has 0 bridgehead atoms. The molecule has 1 aromatic carbocycles. The van der Waals surface area contributed by atoms with Crippen LogP contribution in [0.2, 0.25) is 0 Å². The summed E-state index contributed by atoms with van der Waals surface area (Å²) in [5.74, 6) is -1.40. The number of fused-ring (bicyclic) bond motifs is 1. The second-order valence-electron chi connectivity index (χ2n) is 7.22. The lowest BCUT2D eigenvalue weighted by atomic mass is 10.2. The number of hydrogen-bond donors (Lipinski definition) is 0. The maximum absolute atomic E-state index is 13.6. The Balaban J connectivity index is 1.91. The van der Waals surface area contributed by atoms with Gasteiger partial charge < -0.3 is 4.74 Å². The van der Waals surface area contributed by atoms with Crippen LogP contribution < -0.4 is 10.5 Å². The van der Waals surface area contributed by atoms with Crippen LogP contribution >= 0.6 is 11.3 Å². The highest BCUT2D eigenvalue weighted by Crippen LogP contribution is 2.27.